The Kier molecular flexibility index (Phi) is 11.1. The monoisotopic (exact) mass is 478 g/mol. The molecule has 6 nitrogen and oxygen atoms in total. The molecular weight excluding hydrogens is 445 g/mol. The number of aliphatic hydroxyl groups excluding tert-OH is 1. The topological polar surface area (TPSA) is 101 Å². The average molecular weight is 478 g/mol. The fourth-order valence-electron chi connectivity index (χ4n) is 2.87. The summed E-state index contributed by atoms with van der Waals surface area (Å²) in [6.45, 7) is 6.39. The van der Waals surface area contributed by atoms with Gasteiger partial charge in [0.2, 0.25) is 0 Å². The van der Waals surface area contributed by atoms with Gasteiger partial charge in [0.05, 0.1) is 0 Å². The van der Waals surface area contributed by atoms with E-state index in [-0.39, 0.29) is 24.0 Å². The predicted molar refractivity (Wildman–Crippen MR) is 102 cm³/mol. The van der Waals surface area contributed by atoms with Crippen LogP contribution in [0, 0.1) is 5.41 Å². The Morgan fingerprint density at radius 3 is 2.85 bits per heavy atom. The number of alkyl halides is 1. The molecule has 1 aliphatic rings. The molecule has 26 heavy (non-hydrogen) atoms. The minimum absolute atomic E-state index is 0.0609. The molecule has 150 valence electrons. The number of methoxy groups -OCH3 is 1. The van der Waals surface area contributed by atoms with Gasteiger partial charge < -0.3 is 0 Å². The third-order valence-electron chi connectivity index (χ3n) is 4.41. The van der Waals surface area contributed by atoms with E-state index >= 15 is 0 Å². The van der Waals surface area contributed by atoms with Crippen molar-refractivity contribution < 1.29 is 34.5 Å². The van der Waals surface area contributed by atoms with E-state index in [0.29, 0.717) is 19.4 Å². The van der Waals surface area contributed by atoms with Crippen LogP contribution >= 0.6 is 0 Å². The zero-order valence-corrected chi connectivity index (χ0v) is 18.4. The van der Waals surface area contributed by atoms with Gasteiger partial charge in [0.1, 0.15) is 0 Å². The van der Waals surface area contributed by atoms with Crippen molar-refractivity contribution in [2.24, 2.45) is 5.73 Å². The fraction of sp³-hybridized carbons (Fsp3) is 0.632. The normalized spacial score (nSPS) is 22.8. The van der Waals surface area contributed by atoms with E-state index in [4.69, 9.17) is 18.9 Å². The first kappa shape index (κ1) is 23.1. The molecule has 0 bridgehead atoms. The first-order valence-electron chi connectivity index (χ1n) is 9.00. The number of hydrogen-bond donors (Lipinski definition) is 4. The van der Waals surface area contributed by atoms with Gasteiger partial charge in [0.25, 0.3) is 0 Å². The summed E-state index contributed by atoms with van der Waals surface area (Å²) in [6, 6.07) is -0.0609. The molecule has 0 aromatic rings. The average Bonchev–Trinajstić information content (AvgIpc) is 2.78. The van der Waals surface area contributed by atoms with Crippen LogP contribution < -0.4 is 32.7 Å². The van der Waals surface area contributed by atoms with Crippen LogP contribution in [0.3, 0.4) is 0 Å². The van der Waals surface area contributed by atoms with Crippen molar-refractivity contribution in [3.63, 3.8) is 0 Å². The van der Waals surface area contributed by atoms with Crippen molar-refractivity contribution in [1.82, 2.24) is 5.32 Å². The molecule has 0 saturated carbocycles. The summed E-state index contributed by atoms with van der Waals surface area (Å²) in [4.78, 5) is 0. The second-order valence-corrected chi connectivity index (χ2v) is 8.77. The van der Waals surface area contributed by atoms with E-state index in [1.165, 1.54) is 6.21 Å². The van der Waals surface area contributed by atoms with Gasteiger partial charge in [-0.2, -0.15) is 0 Å². The predicted octanol–water partition coefficient (Wildman–Crippen LogP) is -0.177. The molecule has 0 spiro atoms. The summed E-state index contributed by atoms with van der Waals surface area (Å²) < 4.78 is 12.6. The summed E-state index contributed by atoms with van der Waals surface area (Å²) >= 11 is -0.398. The van der Waals surface area contributed by atoms with Crippen LogP contribution in [0.25, 0.3) is 0 Å². The standard InChI is InChI=1S/C19H33IN3O3/c1-5-15(8-7-9-21)23-16(12-22)14-10-17(25-4)13(3)19(24)18(11-14)26-20-6-2/h5,9-10,16-18,21,23-24H,6-8,11-12,22H2,1-4H3/q-1/b15-5+,21-9?/t16-,17-,18?/m1/s1. The van der Waals surface area contributed by atoms with Crippen LogP contribution in [0.2, 0.25) is 0 Å². The Bertz CT molecular complexity index is 546. The van der Waals surface area contributed by atoms with Crippen LogP contribution in [0.4, 0.5) is 0 Å². The van der Waals surface area contributed by atoms with Crippen molar-refractivity contribution in [2.75, 3.05) is 18.1 Å². The fourth-order valence-corrected chi connectivity index (χ4v) is 4.08. The number of ether oxygens (including phenoxy) is 1. The molecule has 1 rings (SSSR count). The Hall–Kier alpha value is -0.900. The number of nitrogens with two attached hydrogens (primary N) is 1. The van der Waals surface area contributed by atoms with Gasteiger partial charge in [-0.15, -0.1) is 0 Å². The SMILES string of the molecule is C/C=C(\CCC=N)N[C@H](CN)C1=C[C@@H](OC)C(C)=C(O)C(O[I-]CC)C1. The van der Waals surface area contributed by atoms with Crippen LogP contribution in [0.1, 0.15) is 40.0 Å². The van der Waals surface area contributed by atoms with Crippen LogP contribution in [-0.2, 0) is 7.80 Å². The zero-order valence-electron chi connectivity index (χ0n) is 16.2. The van der Waals surface area contributed by atoms with E-state index in [0.717, 1.165) is 27.7 Å². The van der Waals surface area contributed by atoms with Crippen molar-refractivity contribution >= 4 is 6.21 Å². The summed E-state index contributed by atoms with van der Waals surface area (Å²) in [7, 11) is 1.64. The number of hydrogen-bond acceptors (Lipinski definition) is 6. The van der Waals surface area contributed by atoms with Gasteiger partial charge in [-0.3, -0.25) is 0 Å². The van der Waals surface area contributed by atoms with Gasteiger partial charge in [0, 0.05) is 0 Å². The molecule has 0 aliphatic heterocycles. The van der Waals surface area contributed by atoms with E-state index in [1.54, 1.807) is 7.11 Å². The molecule has 7 heteroatoms. The molecule has 0 aromatic carbocycles. The second-order valence-electron chi connectivity index (χ2n) is 6.11. The minimum atomic E-state index is -0.398. The number of allylic oxidation sites excluding steroid dienone is 2. The quantitative estimate of drug-likeness (QED) is 0.143. The Labute approximate surface area is 168 Å². The summed E-state index contributed by atoms with van der Waals surface area (Å²) in [5.41, 5.74) is 9.00. The number of nitrogens with one attached hydrogen (secondary N) is 2. The number of halogens is 1. The van der Waals surface area contributed by atoms with Crippen molar-refractivity contribution in [3.8, 4) is 0 Å². The van der Waals surface area contributed by atoms with E-state index in [2.05, 4.69) is 12.2 Å². The van der Waals surface area contributed by atoms with Gasteiger partial charge in [0.15, 0.2) is 0 Å². The maximum absolute atomic E-state index is 10.6. The summed E-state index contributed by atoms with van der Waals surface area (Å²) in [6.07, 6.45) is 6.93. The molecule has 0 aromatic heterocycles. The number of rotatable bonds is 11. The Morgan fingerprint density at radius 2 is 2.31 bits per heavy atom. The molecule has 1 aliphatic carbocycles. The van der Waals surface area contributed by atoms with Crippen LogP contribution in [-0.4, -0.2) is 47.7 Å². The summed E-state index contributed by atoms with van der Waals surface area (Å²) in [5.74, 6) is 0.280. The molecule has 5 N–H and O–H groups in total. The van der Waals surface area contributed by atoms with E-state index in [1.807, 2.05) is 26.0 Å². The first-order chi connectivity index (χ1) is 12.5. The Morgan fingerprint density at radius 1 is 1.58 bits per heavy atom. The van der Waals surface area contributed by atoms with Gasteiger partial charge >= 0.3 is 168 Å². The van der Waals surface area contributed by atoms with Gasteiger partial charge in [-0.05, 0) is 0 Å². The van der Waals surface area contributed by atoms with Crippen LogP contribution in [0.15, 0.2) is 34.8 Å². The molecule has 3 atom stereocenters. The van der Waals surface area contributed by atoms with Gasteiger partial charge in [-0.25, -0.2) is 0 Å². The molecule has 0 fully saturated rings. The van der Waals surface area contributed by atoms with E-state index < -0.39 is 21.6 Å². The number of aliphatic hydroxyl groups is 1. The van der Waals surface area contributed by atoms with Gasteiger partial charge in [-0.1, -0.05) is 0 Å². The van der Waals surface area contributed by atoms with Crippen molar-refractivity contribution in [2.45, 2.75) is 58.3 Å². The third kappa shape index (κ3) is 6.68. The maximum atomic E-state index is 10.6. The molecular formula is C19H33IN3O3-. The Balaban J connectivity index is 3.07. The zero-order chi connectivity index (χ0) is 19.5. The second kappa shape index (κ2) is 12.5. The molecule has 0 saturated heterocycles. The first-order valence-corrected chi connectivity index (χ1v) is 11.4. The van der Waals surface area contributed by atoms with E-state index in [9.17, 15) is 5.11 Å². The summed E-state index contributed by atoms with van der Waals surface area (Å²) in [5, 5.41) is 21.4. The molecule has 0 heterocycles. The third-order valence-corrected chi connectivity index (χ3v) is 6.00. The molecule has 0 radical (unpaired) electrons. The van der Waals surface area contributed by atoms with Crippen LogP contribution in [0.5, 0.6) is 0 Å². The van der Waals surface area contributed by atoms with Crippen molar-refractivity contribution in [1.29, 1.82) is 5.41 Å². The molecule has 0 amide bonds. The van der Waals surface area contributed by atoms with Crippen molar-refractivity contribution in [3.05, 3.63) is 34.8 Å². The molecule has 1 unspecified atom stereocenters.